The third kappa shape index (κ3) is 3.03. The first-order chi connectivity index (χ1) is 12.4. The fourth-order valence-electron chi connectivity index (χ4n) is 5.10. The number of hydrogen-bond donors (Lipinski definition) is 2. The van der Waals surface area contributed by atoms with Crippen molar-refractivity contribution in [3.63, 3.8) is 0 Å². The quantitative estimate of drug-likeness (QED) is 0.829. The first-order valence-electron chi connectivity index (χ1n) is 9.66. The van der Waals surface area contributed by atoms with E-state index in [0.717, 1.165) is 52.9 Å². The number of likely N-dealkylation sites (tertiary alicyclic amines) is 1. The lowest BCUT2D eigenvalue weighted by atomic mass is 9.76. The molecule has 2 heterocycles. The number of halogens is 1. The summed E-state index contributed by atoms with van der Waals surface area (Å²) in [6.07, 6.45) is 4.84. The number of piperidine rings is 1. The molecule has 3 unspecified atom stereocenters. The van der Waals surface area contributed by atoms with Gasteiger partial charge in [0.05, 0.1) is 10.6 Å². The summed E-state index contributed by atoms with van der Waals surface area (Å²) in [6.45, 7) is 4.84. The number of nitrogens with one attached hydrogen (secondary N) is 1. The number of aromatic nitrogens is 1. The highest BCUT2D eigenvalue weighted by atomic mass is 35.5. The zero-order chi connectivity index (χ0) is 18.5. The highest BCUT2D eigenvalue weighted by Gasteiger charge is 2.42. The minimum Gasteiger partial charge on any atom is -0.390 e. The Labute approximate surface area is 159 Å². The van der Waals surface area contributed by atoms with E-state index in [1.54, 1.807) is 0 Å². The molecule has 2 N–H and O–H groups in total. The van der Waals surface area contributed by atoms with Crippen molar-refractivity contribution >= 4 is 28.4 Å². The molecular formula is C21H27ClN2O2. The maximum atomic E-state index is 13.0. The number of rotatable bonds is 3. The van der Waals surface area contributed by atoms with Gasteiger partial charge in [-0.1, -0.05) is 24.6 Å². The Kier molecular flexibility index (Phi) is 4.52. The smallest absolute Gasteiger partial charge is 0.223 e. The van der Waals surface area contributed by atoms with Crippen molar-refractivity contribution in [1.82, 2.24) is 9.88 Å². The van der Waals surface area contributed by atoms with Gasteiger partial charge in [0.1, 0.15) is 0 Å². The topological polar surface area (TPSA) is 56.3 Å². The molecule has 0 radical (unpaired) electrons. The highest BCUT2D eigenvalue weighted by molar-refractivity contribution is 6.35. The molecular weight excluding hydrogens is 348 g/mol. The SMILES string of the molecule is Cc1[nH]c2cccc(Cl)c2c1C(C)CC(=O)N1CCC2(O)CCCC1C2. The molecule has 1 aliphatic carbocycles. The average Bonchev–Trinajstić information content (AvgIpc) is 2.92. The summed E-state index contributed by atoms with van der Waals surface area (Å²) in [7, 11) is 0. The van der Waals surface area contributed by atoms with Crippen molar-refractivity contribution in [3.8, 4) is 0 Å². The van der Waals surface area contributed by atoms with Crippen molar-refractivity contribution in [2.75, 3.05) is 6.54 Å². The first-order valence-corrected chi connectivity index (χ1v) is 10.0. The van der Waals surface area contributed by atoms with Crippen LogP contribution in [0.25, 0.3) is 10.9 Å². The van der Waals surface area contributed by atoms with Gasteiger partial charge in [-0.05, 0) is 62.6 Å². The Morgan fingerprint density at radius 2 is 2.27 bits per heavy atom. The Hall–Kier alpha value is -1.52. The molecule has 3 atom stereocenters. The fourth-order valence-corrected chi connectivity index (χ4v) is 5.37. The van der Waals surface area contributed by atoms with Crippen LogP contribution >= 0.6 is 11.6 Å². The second kappa shape index (κ2) is 6.58. The Bertz CT molecular complexity index is 846. The minimum atomic E-state index is -0.535. The summed E-state index contributed by atoms with van der Waals surface area (Å²) >= 11 is 6.45. The lowest BCUT2D eigenvalue weighted by Crippen LogP contribution is -2.55. The fraction of sp³-hybridized carbons (Fsp3) is 0.571. The number of hydrogen-bond acceptors (Lipinski definition) is 2. The zero-order valence-electron chi connectivity index (χ0n) is 15.5. The van der Waals surface area contributed by atoms with Gasteiger partial charge in [-0.3, -0.25) is 4.79 Å². The second-order valence-corrected chi connectivity index (χ2v) is 8.65. The molecule has 2 aromatic rings. The normalized spacial score (nSPS) is 26.9. The van der Waals surface area contributed by atoms with Crippen molar-refractivity contribution in [2.45, 2.75) is 69.9 Å². The van der Waals surface area contributed by atoms with Gasteiger partial charge < -0.3 is 15.0 Å². The molecule has 2 aliphatic rings. The standard InChI is InChI=1S/C21H27ClN2O2/c1-13(19-14(2)23-17-7-3-6-16(22)20(17)19)11-18(25)24-10-9-21(26)8-4-5-15(24)12-21/h3,6-7,13,15,23,26H,4-5,8-12H2,1-2H3. The molecule has 1 saturated carbocycles. The average molecular weight is 375 g/mol. The van der Waals surface area contributed by atoms with E-state index in [1.807, 2.05) is 23.1 Å². The van der Waals surface area contributed by atoms with Gasteiger partial charge in [-0.25, -0.2) is 0 Å². The molecule has 2 bridgehead atoms. The van der Waals surface area contributed by atoms with Gasteiger partial charge in [0.25, 0.3) is 0 Å². The van der Waals surface area contributed by atoms with Gasteiger partial charge in [0.2, 0.25) is 5.91 Å². The Morgan fingerprint density at radius 3 is 3.08 bits per heavy atom. The van der Waals surface area contributed by atoms with Crippen molar-refractivity contribution in [2.24, 2.45) is 0 Å². The van der Waals surface area contributed by atoms with Crippen LogP contribution < -0.4 is 0 Å². The van der Waals surface area contributed by atoms with Crippen LogP contribution in [0.5, 0.6) is 0 Å². The molecule has 5 heteroatoms. The molecule has 26 heavy (non-hydrogen) atoms. The number of H-pyrrole nitrogens is 1. The summed E-state index contributed by atoms with van der Waals surface area (Å²) < 4.78 is 0. The van der Waals surface area contributed by atoms with Crippen LogP contribution in [-0.2, 0) is 4.79 Å². The lowest BCUT2D eigenvalue weighted by Gasteiger charge is -2.48. The molecule has 0 spiro atoms. The van der Waals surface area contributed by atoms with E-state index < -0.39 is 5.60 Å². The van der Waals surface area contributed by atoms with Crippen LogP contribution in [0.15, 0.2) is 18.2 Å². The zero-order valence-corrected chi connectivity index (χ0v) is 16.3. The van der Waals surface area contributed by atoms with E-state index in [-0.39, 0.29) is 17.9 Å². The number of carbonyl (C=O) groups is 1. The molecule has 140 valence electrons. The number of carbonyl (C=O) groups excluding carboxylic acids is 1. The van der Waals surface area contributed by atoms with E-state index in [1.165, 1.54) is 0 Å². The van der Waals surface area contributed by atoms with Crippen LogP contribution in [0.3, 0.4) is 0 Å². The summed E-state index contributed by atoms with van der Waals surface area (Å²) in [5, 5.41) is 12.3. The first kappa shape index (κ1) is 17.9. The second-order valence-electron chi connectivity index (χ2n) is 8.24. The Morgan fingerprint density at radius 1 is 1.46 bits per heavy atom. The molecule has 1 aromatic heterocycles. The third-order valence-corrected chi connectivity index (χ3v) is 6.67. The van der Waals surface area contributed by atoms with Gasteiger partial charge in [-0.15, -0.1) is 0 Å². The largest absolute Gasteiger partial charge is 0.390 e. The number of aliphatic hydroxyl groups is 1. The summed E-state index contributed by atoms with van der Waals surface area (Å²) in [5.41, 5.74) is 2.72. The predicted molar refractivity (Wildman–Crippen MR) is 105 cm³/mol. The number of aryl methyl sites for hydroxylation is 1. The van der Waals surface area contributed by atoms with Crippen LogP contribution in [0.2, 0.25) is 5.02 Å². The van der Waals surface area contributed by atoms with E-state index in [0.29, 0.717) is 19.4 Å². The van der Waals surface area contributed by atoms with Crippen LogP contribution in [0.1, 0.15) is 62.6 Å². The van der Waals surface area contributed by atoms with Crippen LogP contribution in [0, 0.1) is 6.92 Å². The van der Waals surface area contributed by atoms with Gasteiger partial charge in [0.15, 0.2) is 0 Å². The number of nitrogens with zero attached hydrogens (tertiary/aromatic N) is 1. The maximum Gasteiger partial charge on any atom is 0.223 e. The van der Waals surface area contributed by atoms with Crippen molar-refractivity contribution in [3.05, 3.63) is 34.5 Å². The van der Waals surface area contributed by atoms with E-state index in [2.05, 4.69) is 18.8 Å². The van der Waals surface area contributed by atoms with E-state index >= 15 is 0 Å². The molecule has 4 rings (SSSR count). The van der Waals surface area contributed by atoms with Gasteiger partial charge >= 0.3 is 0 Å². The van der Waals surface area contributed by atoms with Crippen LogP contribution in [-0.4, -0.2) is 39.1 Å². The van der Waals surface area contributed by atoms with Gasteiger partial charge in [-0.2, -0.15) is 0 Å². The van der Waals surface area contributed by atoms with Gasteiger partial charge in [0, 0.05) is 35.6 Å². The molecule has 4 nitrogen and oxygen atoms in total. The summed E-state index contributed by atoms with van der Waals surface area (Å²) in [6, 6.07) is 6.08. The van der Waals surface area contributed by atoms with Crippen molar-refractivity contribution in [1.29, 1.82) is 0 Å². The minimum absolute atomic E-state index is 0.0977. The number of amides is 1. The molecule has 1 saturated heterocycles. The van der Waals surface area contributed by atoms with Crippen molar-refractivity contribution < 1.29 is 9.90 Å². The predicted octanol–water partition coefficient (Wildman–Crippen LogP) is 4.53. The number of benzene rings is 1. The molecule has 1 aliphatic heterocycles. The summed E-state index contributed by atoms with van der Waals surface area (Å²) in [4.78, 5) is 18.5. The highest BCUT2D eigenvalue weighted by Crippen LogP contribution is 2.40. The number of aromatic amines is 1. The number of fused-ring (bicyclic) bond motifs is 3. The Balaban J connectivity index is 1.54. The molecule has 1 aromatic carbocycles. The maximum absolute atomic E-state index is 13.0. The third-order valence-electron chi connectivity index (χ3n) is 6.36. The van der Waals surface area contributed by atoms with E-state index in [9.17, 15) is 9.90 Å². The van der Waals surface area contributed by atoms with E-state index in [4.69, 9.17) is 11.6 Å². The van der Waals surface area contributed by atoms with Crippen LogP contribution in [0.4, 0.5) is 0 Å². The molecule has 1 amide bonds. The lowest BCUT2D eigenvalue weighted by molar-refractivity contribution is -0.144. The summed E-state index contributed by atoms with van der Waals surface area (Å²) in [5.74, 6) is 0.299. The monoisotopic (exact) mass is 374 g/mol. The molecule has 2 fully saturated rings.